The van der Waals surface area contributed by atoms with E-state index < -0.39 is 0 Å². The highest BCUT2D eigenvalue weighted by Gasteiger charge is 2.44. The number of likely N-dealkylation sites (N-methyl/N-ethyl adjacent to an activating group) is 1. The van der Waals surface area contributed by atoms with E-state index in [4.69, 9.17) is 11.6 Å². The molecule has 3 nitrogen and oxygen atoms in total. The van der Waals surface area contributed by atoms with E-state index in [0.29, 0.717) is 15.8 Å². The summed E-state index contributed by atoms with van der Waals surface area (Å²) in [5.41, 5.74) is 3.61. The van der Waals surface area contributed by atoms with Gasteiger partial charge < -0.3 is 9.80 Å². The van der Waals surface area contributed by atoms with Crippen molar-refractivity contribution in [3.8, 4) is 0 Å². The number of carbonyl (C=O) groups excluding carboxylic acids is 1. The molecule has 2 aliphatic heterocycles. The van der Waals surface area contributed by atoms with Crippen LogP contribution in [0.2, 0.25) is 5.02 Å². The molecule has 138 valence electrons. The van der Waals surface area contributed by atoms with Gasteiger partial charge in [-0.05, 0) is 44.6 Å². The third-order valence-electron chi connectivity index (χ3n) is 5.90. The third kappa shape index (κ3) is 2.62. The van der Waals surface area contributed by atoms with Crippen LogP contribution in [0.3, 0.4) is 0 Å². The highest BCUT2D eigenvalue weighted by Crippen LogP contribution is 2.47. The van der Waals surface area contributed by atoms with E-state index in [1.807, 2.05) is 29.2 Å². The molecule has 0 unspecified atom stereocenters. The standard InChI is InChI=1S/C22H21ClN2OS/c1-13-7-8-17-15(11-13)16-12-24(2)10-9-18(16)25(17)22(26)21-20(23)14-5-3-4-6-19(14)27-21/h3-8,11,16,18H,9-10,12H2,1-2H3/t16-,18+/m1/s1. The zero-order valence-corrected chi connectivity index (χ0v) is 17.0. The van der Waals surface area contributed by atoms with Crippen molar-refractivity contribution in [3.05, 3.63) is 63.5 Å². The summed E-state index contributed by atoms with van der Waals surface area (Å²) in [5, 5.41) is 1.56. The SMILES string of the molecule is Cc1ccc2c(c1)[C@H]1CN(C)CC[C@@H]1N2C(=O)c1sc2ccccc2c1Cl. The Hall–Kier alpha value is -1.88. The molecular weight excluding hydrogens is 376 g/mol. The summed E-state index contributed by atoms with van der Waals surface area (Å²) in [4.78, 5) is 18.7. The summed E-state index contributed by atoms with van der Waals surface area (Å²) in [6, 6.07) is 14.7. The van der Waals surface area contributed by atoms with Gasteiger partial charge in [-0.1, -0.05) is 47.5 Å². The average molecular weight is 397 g/mol. The molecule has 2 aromatic carbocycles. The number of nitrogens with zero attached hydrogens (tertiary/aromatic N) is 2. The minimum absolute atomic E-state index is 0.0448. The van der Waals surface area contributed by atoms with E-state index >= 15 is 0 Å². The van der Waals surface area contributed by atoms with Gasteiger partial charge in [-0.15, -0.1) is 11.3 Å². The number of anilines is 1. The minimum Gasteiger partial charge on any atom is -0.306 e. The molecule has 3 heterocycles. The first-order valence-electron chi connectivity index (χ1n) is 9.34. The summed E-state index contributed by atoms with van der Waals surface area (Å²) in [6.07, 6.45) is 0.989. The average Bonchev–Trinajstić information content (AvgIpc) is 3.16. The van der Waals surface area contributed by atoms with Crippen LogP contribution in [0, 0.1) is 6.92 Å². The molecule has 1 saturated heterocycles. The lowest BCUT2D eigenvalue weighted by Crippen LogP contribution is -2.47. The first-order valence-corrected chi connectivity index (χ1v) is 10.5. The number of fused-ring (bicyclic) bond motifs is 4. The van der Waals surface area contributed by atoms with Gasteiger partial charge >= 0.3 is 0 Å². The van der Waals surface area contributed by atoms with Crippen molar-refractivity contribution < 1.29 is 4.79 Å². The van der Waals surface area contributed by atoms with Gasteiger partial charge in [0.2, 0.25) is 0 Å². The molecule has 5 rings (SSSR count). The van der Waals surface area contributed by atoms with E-state index in [9.17, 15) is 4.79 Å². The number of thiophene rings is 1. The Morgan fingerprint density at radius 1 is 1.22 bits per heavy atom. The Labute approximate surface area is 168 Å². The van der Waals surface area contributed by atoms with Crippen LogP contribution >= 0.6 is 22.9 Å². The van der Waals surface area contributed by atoms with Gasteiger partial charge in [-0.25, -0.2) is 0 Å². The van der Waals surface area contributed by atoms with Crippen molar-refractivity contribution >= 4 is 44.6 Å². The number of piperidine rings is 1. The van der Waals surface area contributed by atoms with E-state index in [0.717, 1.165) is 35.3 Å². The molecule has 2 aliphatic rings. The zero-order chi connectivity index (χ0) is 18.7. The molecule has 1 amide bonds. The van der Waals surface area contributed by atoms with Gasteiger partial charge in [0.05, 0.1) is 5.02 Å². The second-order valence-corrected chi connectivity index (χ2v) is 9.13. The fourth-order valence-electron chi connectivity index (χ4n) is 4.61. The van der Waals surface area contributed by atoms with Crippen LogP contribution < -0.4 is 4.90 Å². The van der Waals surface area contributed by atoms with Crippen LogP contribution in [0.5, 0.6) is 0 Å². The van der Waals surface area contributed by atoms with Crippen LogP contribution in [-0.2, 0) is 0 Å². The van der Waals surface area contributed by atoms with E-state index in [2.05, 4.69) is 37.1 Å². The molecule has 27 heavy (non-hydrogen) atoms. The van der Waals surface area contributed by atoms with Gasteiger partial charge in [0.15, 0.2) is 0 Å². The molecule has 1 fully saturated rings. The molecule has 0 bridgehead atoms. The number of hydrogen-bond acceptors (Lipinski definition) is 3. The summed E-state index contributed by atoms with van der Waals surface area (Å²) in [5.74, 6) is 0.416. The lowest BCUT2D eigenvalue weighted by molar-refractivity contribution is 0.0969. The Morgan fingerprint density at radius 3 is 2.85 bits per heavy atom. The highest BCUT2D eigenvalue weighted by atomic mass is 35.5. The van der Waals surface area contributed by atoms with Crippen molar-refractivity contribution in [2.24, 2.45) is 0 Å². The number of halogens is 1. The summed E-state index contributed by atoms with van der Waals surface area (Å²) >= 11 is 8.14. The lowest BCUT2D eigenvalue weighted by atomic mass is 9.89. The maximum atomic E-state index is 13.7. The quantitative estimate of drug-likeness (QED) is 0.556. The van der Waals surface area contributed by atoms with E-state index in [-0.39, 0.29) is 11.9 Å². The number of amides is 1. The molecule has 5 heteroatoms. The Morgan fingerprint density at radius 2 is 2.04 bits per heavy atom. The maximum absolute atomic E-state index is 13.7. The van der Waals surface area contributed by atoms with Crippen LogP contribution in [0.15, 0.2) is 42.5 Å². The molecule has 0 N–H and O–H groups in total. The van der Waals surface area contributed by atoms with Crippen molar-refractivity contribution in [1.29, 1.82) is 0 Å². The number of likely N-dealkylation sites (tertiary alicyclic amines) is 1. The molecule has 0 radical (unpaired) electrons. The number of rotatable bonds is 1. The van der Waals surface area contributed by atoms with Crippen LogP contribution in [0.1, 0.15) is 33.1 Å². The molecule has 1 aromatic heterocycles. The van der Waals surface area contributed by atoms with Gasteiger partial charge in [0.25, 0.3) is 5.91 Å². The normalized spacial score (nSPS) is 22.1. The summed E-state index contributed by atoms with van der Waals surface area (Å²) in [6.45, 7) is 4.12. The fraction of sp³-hybridized carbons (Fsp3) is 0.318. The third-order valence-corrected chi connectivity index (χ3v) is 7.56. The van der Waals surface area contributed by atoms with Crippen LogP contribution in [-0.4, -0.2) is 37.0 Å². The fourth-order valence-corrected chi connectivity index (χ4v) is 6.06. The zero-order valence-electron chi connectivity index (χ0n) is 15.4. The molecule has 0 spiro atoms. The summed E-state index contributed by atoms with van der Waals surface area (Å²) < 4.78 is 1.06. The number of benzene rings is 2. The minimum atomic E-state index is 0.0448. The highest BCUT2D eigenvalue weighted by molar-refractivity contribution is 7.21. The molecule has 0 saturated carbocycles. The van der Waals surface area contributed by atoms with Crippen molar-refractivity contribution in [2.45, 2.75) is 25.3 Å². The largest absolute Gasteiger partial charge is 0.306 e. The first-order chi connectivity index (χ1) is 13.0. The number of hydrogen-bond donors (Lipinski definition) is 0. The lowest BCUT2D eigenvalue weighted by Gasteiger charge is -2.36. The Bertz CT molecular complexity index is 1060. The monoisotopic (exact) mass is 396 g/mol. The Kier molecular flexibility index (Phi) is 4.04. The van der Waals surface area contributed by atoms with Gasteiger partial charge in [-0.2, -0.15) is 0 Å². The van der Waals surface area contributed by atoms with Gasteiger partial charge in [-0.3, -0.25) is 4.79 Å². The van der Waals surface area contributed by atoms with Crippen molar-refractivity contribution in [3.63, 3.8) is 0 Å². The van der Waals surface area contributed by atoms with Crippen LogP contribution in [0.4, 0.5) is 5.69 Å². The van der Waals surface area contributed by atoms with Gasteiger partial charge in [0.1, 0.15) is 4.88 Å². The first kappa shape index (κ1) is 17.2. The topological polar surface area (TPSA) is 23.6 Å². The van der Waals surface area contributed by atoms with Crippen LogP contribution in [0.25, 0.3) is 10.1 Å². The van der Waals surface area contributed by atoms with Crippen molar-refractivity contribution in [2.75, 3.05) is 25.0 Å². The second-order valence-electron chi connectivity index (χ2n) is 7.70. The maximum Gasteiger partial charge on any atom is 0.270 e. The molecule has 0 aliphatic carbocycles. The molecular formula is C22H21ClN2OS. The molecule has 3 aromatic rings. The van der Waals surface area contributed by atoms with Gasteiger partial charge in [0, 0.05) is 34.3 Å². The smallest absolute Gasteiger partial charge is 0.270 e. The number of aryl methyl sites for hydroxylation is 1. The Balaban J connectivity index is 1.63. The second kappa shape index (κ2) is 6.33. The molecule has 2 atom stereocenters. The van der Waals surface area contributed by atoms with E-state index in [1.54, 1.807) is 0 Å². The predicted molar refractivity (Wildman–Crippen MR) is 113 cm³/mol. The number of carbonyl (C=O) groups is 1. The predicted octanol–water partition coefficient (Wildman–Crippen LogP) is 5.31. The van der Waals surface area contributed by atoms with Crippen molar-refractivity contribution in [1.82, 2.24) is 4.90 Å². The summed E-state index contributed by atoms with van der Waals surface area (Å²) in [7, 11) is 2.17. The van der Waals surface area contributed by atoms with E-state index in [1.165, 1.54) is 22.5 Å².